The summed E-state index contributed by atoms with van der Waals surface area (Å²) in [6.45, 7) is 0.0728. The number of carbonyl (C=O) groups is 1. The van der Waals surface area contributed by atoms with E-state index in [-0.39, 0.29) is 18.3 Å². The van der Waals surface area contributed by atoms with Gasteiger partial charge in [0.05, 0.1) is 18.2 Å². The minimum atomic E-state index is -0.889. The maximum Gasteiger partial charge on any atom is 0.230 e. The molecule has 1 saturated carbocycles. The van der Waals surface area contributed by atoms with Gasteiger partial charge in [-0.1, -0.05) is 25.0 Å². The van der Waals surface area contributed by atoms with Gasteiger partial charge in [-0.05, 0) is 42.7 Å². The first kappa shape index (κ1) is 15.7. The highest BCUT2D eigenvalue weighted by molar-refractivity contribution is 5.88. The number of aliphatic hydroxyl groups excluding tert-OH is 1. The Morgan fingerprint density at radius 2 is 2.09 bits per heavy atom. The fourth-order valence-corrected chi connectivity index (χ4v) is 3.35. The van der Waals surface area contributed by atoms with Gasteiger partial charge in [-0.25, -0.2) is 4.39 Å². The Morgan fingerprint density at radius 1 is 1.30 bits per heavy atom. The first-order valence-corrected chi connectivity index (χ1v) is 7.88. The van der Waals surface area contributed by atoms with Gasteiger partial charge in [0, 0.05) is 0 Å². The maximum atomic E-state index is 13.6. The number of carbonyl (C=O) groups excluding carboxylic acids is 1. The maximum absolute atomic E-state index is 13.6. The van der Waals surface area contributed by atoms with Gasteiger partial charge in [-0.15, -0.1) is 0 Å². The van der Waals surface area contributed by atoms with Gasteiger partial charge >= 0.3 is 0 Å². The number of hydrogen-bond donors (Lipinski definition) is 2. The zero-order valence-corrected chi connectivity index (χ0v) is 12.8. The summed E-state index contributed by atoms with van der Waals surface area (Å²) in [5.74, 6) is -0.0834. The number of furan rings is 1. The molecule has 0 radical (unpaired) electrons. The van der Waals surface area contributed by atoms with Crippen molar-refractivity contribution < 1.29 is 18.7 Å². The summed E-state index contributed by atoms with van der Waals surface area (Å²) in [7, 11) is 0. The van der Waals surface area contributed by atoms with Crippen LogP contribution < -0.4 is 5.32 Å². The number of nitrogens with one attached hydrogen (secondary N) is 1. The molecule has 1 aromatic carbocycles. The monoisotopic (exact) mass is 317 g/mol. The summed E-state index contributed by atoms with van der Waals surface area (Å²) in [5, 5.41) is 12.8. The molecule has 0 aliphatic heterocycles. The standard InChI is InChI=1S/C18H20FNO3/c19-14-6-3-5-13(11-14)18(8-1-2-9-18)17(22)20-12-15(21)16-7-4-10-23-16/h3-7,10-11,15,21H,1-2,8-9,12H2,(H,20,22). The van der Waals surface area contributed by atoms with E-state index in [0.29, 0.717) is 24.2 Å². The molecule has 1 amide bonds. The number of rotatable bonds is 5. The molecule has 3 rings (SSSR count). The summed E-state index contributed by atoms with van der Waals surface area (Å²) in [6, 6.07) is 9.60. The summed E-state index contributed by atoms with van der Waals surface area (Å²) in [5.41, 5.74) is 0.00493. The van der Waals surface area contributed by atoms with E-state index in [1.165, 1.54) is 18.4 Å². The second-order valence-electron chi connectivity index (χ2n) is 6.04. The van der Waals surface area contributed by atoms with Crippen LogP contribution in [0.3, 0.4) is 0 Å². The van der Waals surface area contributed by atoms with Crippen molar-refractivity contribution in [1.82, 2.24) is 5.32 Å². The average molecular weight is 317 g/mol. The molecule has 1 unspecified atom stereocenters. The van der Waals surface area contributed by atoms with Gasteiger partial charge in [0.25, 0.3) is 0 Å². The molecule has 1 fully saturated rings. The molecule has 0 bridgehead atoms. The Labute approximate surface area is 134 Å². The van der Waals surface area contributed by atoms with Crippen molar-refractivity contribution in [1.29, 1.82) is 0 Å². The van der Waals surface area contributed by atoms with Crippen molar-refractivity contribution in [2.75, 3.05) is 6.54 Å². The lowest BCUT2D eigenvalue weighted by Gasteiger charge is -2.28. The van der Waals surface area contributed by atoms with Crippen LogP contribution in [-0.4, -0.2) is 17.6 Å². The topological polar surface area (TPSA) is 62.5 Å². The molecule has 1 atom stereocenters. The third-order valence-electron chi connectivity index (χ3n) is 4.60. The molecule has 23 heavy (non-hydrogen) atoms. The van der Waals surface area contributed by atoms with Crippen molar-refractivity contribution in [2.24, 2.45) is 0 Å². The predicted molar refractivity (Wildman–Crippen MR) is 83.2 cm³/mol. The molecule has 2 aromatic rings. The van der Waals surface area contributed by atoms with Crippen LogP contribution in [0.2, 0.25) is 0 Å². The van der Waals surface area contributed by atoms with Crippen LogP contribution in [0.15, 0.2) is 47.1 Å². The highest BCUT2D eigenvalue weighted by Gasteiger charge is 2.42. The van der Waals surface area contributed by atoms with Crippen molar-refractivity contribution in [3.05, 3.63) is 59.8 Å². The third-order valence-corrected chi connectivity index (χ3v) is 4.60. The van der Waals surface area contributed by atoms with E-state index in [9.17, 15) is 14.3 Å². The summed E-state index contributed by atoms with van der Waals surface area (Å²) in [6.07, 6.45) is 3.85. The summed E-state index contributed by atoms with van der Waals surface area (Å²) < 4.78 is 18.7. The van der Waals surface area contributed by atoms with E-state index < -0.39 is 11.5 Å². The normalized spacial score (nSPS) is 17.8. The molecule has 1 aliphatic rings. The first-order valence-electron chi connectivity index (χ1n) is 7.88. The van der Waals surface area contributed by atoms with E-state index in [1.54, 1.807) is 24.3 Å². The van der Waals surface area contributed by atoms with E-state index >= 15 is 0 Å². The molecule has 0 saturated heterocycles. The average Bonchev–Trinajstić information content (AvgIpc) is 3.24. The Kier molecular flexibility index (Phi) is 4.48. The molecule has 1 aliphatic carbocycles. The second kappa shape index (κ2) is 6.54. The molecule has 4 nitrogen and oxygen atoms in total. The molecular weight excluding hydrogens is 297 g/mol. The van der Waals surface area contributed by atoms with Crippen LogP contribution in [0.4, 0.5) is 4.39 Å². The van der Waals surface area contributed by atoms with Crippen molar-refractivity contribution in [3.63, 3.8) is 0 Å². The van der Waals surface area contributed by atoms with Gasteiger partial charge in [-0.3, -0.25) is 4.79 Å². The molecular formula is C18H20FNO3. The second-order valence-corrected chi connectivity index (χ2v) is 6.04. The lowest BCUT2D eigenvalue weighted by atomic mass is 9.78. The van der Waals surface area contributed by atoms with Gasteiger partial charge < -0.3 is 14.8 Å². The van der Waals surface area contributed by atoms with Crippen LogP contribution in [0, 0.1) is 5.82 Å². The third kappa shape index (κ3) is 3.15. The summed E-state index contributed by atoms with van der Waals surface area (Å²) in [4.78, 5) is 12.8. The smallest absolute Gasteiger partial charge is 0.230 e. The van der Waals surface area contributed by atoms with Gasteiger partial charge in [0.15, 0.2) is 0 Å². The van der Waals surface area contributed by atoms with Crippen LogP contribution in [0.25, 0.3) is 0 Å². The zero-order valence-electron chi connectivity index (χ0n) is 12.8. The molecule has 2 N–H and O–H groups in total. The van der Waals surface area contributed by atoms with Crippen molar-refractivity contribution in [3.8, 4) is 0 Å². The Hall–Kier alpha value is -2.14. The van der Waals surface area contributed by atoms with E-state index in [4.69, 9.17) is 4.42 Å². The van der Waals surface area contributed by atoms with Gasteiger partial charge in [-0.2, -0.15) is 0 Å². The Balaban J connectivity index is 1.74. The Bertz CT molecular complexity index is 663. The largest absolute Gasteiger partial charge is 0.467 e. The van der Waals surface area contributed by atoms with Gasteiger partial charge in [0.1, 0.15) is 17.7 Å². The first-order chi connectivity index (χ1) is 11.1. The van der Waals surface area contributed by atoms with Crippen molar-refractivity contribution >= 4 is 5.91 Å². The number of amides is 1. The van der Waals surface area contributed by atoms with Crippen LogP contribution >= 0.6 is 0 Å². The quantitative estimate of drug-likeness (QED) is 0.891. The number of aliphatic hydroxyl groups is 1. The predicted octanol–water partition coefficient (Wildman–Crippen LogP) is 3.08. The molecule has 0 spiro atoms. The fraction of sp³-hybridized carbons (Fsp3) is 0.389. The highest BCUT2D eigenvalue weighted by atomic mass is 19.1. The van der Waals surface area contributed by atoms with Crippen LogP contribution in [-0.2, 0) is 10.2 Å². The van der Waals surface area contributed by atoms with Crippen LogP contribution in [0.1, 0.15) is 43.1 Å². The lowest BCUT2D eigenvalue weighted by Crippen LogP contribution is -2.44. The number of benzene rings is 1. The summed E-state index contributed by atoms with van der Waals surface area (Å²) >= 11 is 0. The zero-order chi connectivity index (χ0) is 16.3. The molecule has 122 valence electrons. The molecule has 5 heteroatoms. The highest BCUT2D eigenvalue weighted by Crippen LogP contribution is 2.41. The van der Waals surface area contributed by atoms with Crippen molar-refractivity contribution in [2.45, 2.75) is 37.2 Å². The number of halogens is 1. The fourth-order valence-electron chi connectivity index (χ4n) is 3.35. The van der Waals surface area contributed by atoms with E-state index in [1.807, 2.05) is 0 Å². The molecule has 1 heterocycles. The van der Waals surface area contributed by atoms with E-state index in [0.717, 1.165) is 12.8 Å². The minimum absolute atomic E-state index is 0.0728. The van der Waals surface area contributed by atoms with E-state index in [2.05, 4.69) is 5.32 Å². The SMILES string of the molecule is O=C(NCC(O)c1ccco1)C1(c2cccc(F)c2)CCCC1. The van der Waals surface area contributed by atoms with Crippen LogP contribution in [0.5, 0.6) is 0 Å². The lowest BCUT2D eigenvalue weighted by molar-refractivity contribution is -0.127. The number of hydrogen-bond acceptors (Lipinski definition) is 3. The molecule has 1 aromatic heterocycles. The van der Waals surface area contributed by atoms with Gasteiger partial charge in [0.2, 0.25) is 5.91 Å². The Morgan fingerprint density at radius 3 is 2.74 bits per heavy atom. The minimum Gasteiger partial charge on any atom is -0.467 e.